The molecule has 0 spiro atoms. The van der Waals surface area contributed by atoms with Crippen molar-refractivity contribution in [1.29, 1.82) is 0 Å². The van der Waals surface area contributed by atoms with E-state index in [1.54, 1.807) is 44.2 Å². The van der Waals surface area contributed by atoms with Crippen LogP contribution in [-0.4, -0.2) is 38.2 Å². The molecule has 198 valence electrons. The molecule has 3 aromatic rings. The van der Waals surface area contributed by atoms with Gasteiger partial charge in [-0.05, 0) is 49.2 Å². The van der Waals surface area contributed by atoms with Crippen LogP contribution in [-0.2, 0) is 9.53 Å². The second kappa shape index (κ2) is 10.5. The van der Waals surface area contributed by atoms with Crippen LogP contribution < -0.4 is 33.8 Å². The number of hydrogen-bond acceptors (Lipinski definition) is 9. The maximum absolute atomic E-state index is 13.9. The number of methoxy groups -OCH3 is 2. The lowest BCUT2D eigenvalue weighted by Gasteiger charge is -2.26. The smallest absolute Gasteiger partial charge is 0.338 e. The lowest BCUT2D eigenvalue weighted by Crippen LogP contribution is -2.40. The zero-order valence-electron chi connectivity index (χ0n) is 20.8. The number of halogens is 2. The molecule has 9 nitrogen and oxygen atoms in total. The van der Waals surface area contributed by atoms with Gasteiger partial charge >= 0.3 is 5.97 Å². The van der Waals surface area contributed by atoms with Crippen LogP contribution in [0.5, 0.6) is 23.0 Å². The van der Waals surface area contributed by atoms with Crippen molar-refractivity contribution in [1.82, 2.24) is 4.57 Å². The Hall–Kier alpha value is -3.28. The summed E-state index contributed by atoms with van der Waals surface area (Å²) in [5, 5.41) is 0.405. The SMILES string of the molecule is CCOC(=O)C1=C(C)N=c2s/c(=C\c3cc4c(cc3Cl)OCO4)c(=O)n2[C@H]1c1cc(OC)c(OC)cc1Br. The van der Waals surface area contributed by atoms with Crippen molar-refractivity contribution >= 4 is 50.9 Å². The summed E-state index contributed by atoms with van der Waals surface area (Å²) in [4.78, 5) is 32.1. The van der Waals surface area contributed by atoms with Crippen molar-refractivity contribution < 1.29 is 28.5 Å². The lowest BCUT2D eigenvalue weighted by atomic mass is 9.95. The molecule has 0 amide bonds. The highest BCUT2D eigenvalue weighted by molar-refractivity contribution is 9.10. The molecule has 2 aliphatic heterocycles. The summed E-state index contributed by atoms with van der Waals surface area (Å²) in [6, 6.07) is 6.00. The Labute approximate surface area is 234 Å². The molecule has 0 fully saturated rings. The molecule has 0 saturated carbocycles. The molecule has 0 N–H and O–H groups in total. The molecule has 0 saturated heterocycles. The van der Waals surface area contributed by atoms with Crippen molar-refractivity contribution in [2.75, 3.05) is 27.6 Å². The summed E-state index contributed by atoms with van der Waals surface area (Å²) < 4.78 is 29.6. The molecule has 1 atom stereocenters. The lowest BCUT2D eigenvalue weighted by molar-refractivity contribution is -0.139. The third kappa shape index (κ3) is 4.48. The van der Waals surface area contributed by atoms with Gasteiger partial charge in [-0.2, -0.15) is 0 Å². The number of esters is 1. The Morgan fingerprint density at radius 2 is 1.89 bits per heavy atom. The molecule has 5 rings (SSSR count). The quantitative estimate of drug-likeness (QED) is 0.385. The van der Waals surface area contributed by atoms with Gasteiger partial charge in [0, 0.05) is 10.5 Å². The molecular formula is C26H22BrClN2O7S. The first kappa shape index (κ1) is 26.3. The van der Waals surface area contributed by atoms with Gasteiger partial charge in [0.1, 0.15) is 0 Å². The number of ether oxygens (including phenoxy) is 5. The number of benzene rings is 2. The highest BCUT2D eigenvalue weighted by Gasteiger charge is 2.35. The van der Waals surface area contributed by atoms with Crippen LogP contribution in [0.15, 0.2) is 49.8 Å². The summed E-state index contributed by atoms with van der Waals surface area (Å²) in [5.74, 6) is 1.46. The largest absolute Gasteiger partial charge is 0.493 e. The molecule has 1 aromatic heterocycles. The fourth-order valence-electron chi connectivity index (χ4n) is 4.35. The van der Waals surface area contributed by atoms with E-state index in [4.69, 9.17) is 35.3 Å². The monoisotopic (exact) mass is 620 g/mol. The number of carbonyl (C=O) groups excluding carboxylic acids is 1. The van der Waals surface area contributed by atoms with Gasteiger partial charge in [-0.15, -0.1) is 0 Å². The van der Waals surface area contributed by atoms with E-state index in [0.29, 0.717) is 58.7 Å². The summed E-state index contributed by atoms with van der Waals surface area (Å²) in [5.41, 5.74) is 1.55. The van der Waals surface area contributed by atoms with E-state index < -0.39 is 12.0 Å². The molecule has 12 heteroatoms. The Morgan fingerprint density at radius 3 is 2.58 bits per heavy atom. The zero-order valence-corrected chi connectivity index (χ0v) is 24.0. The van der Waals surface area contributed by atoms with Gasteiger partial charge in [0.2, 0.25) is 6.79 Å². The highest BCUT2D eigenvalue weighted by Crippen LogP contribution is 2.41. The van der Waals surface area contributed by atoms with Gasteiger partial charge in [0.05, 0.1) is 47.7 Å². The van der Waals surface area contributed by atoms with Gasteiger partial charge < -0.3 is 23.7 Å². The number of hydrogen-bond donors (Lipinski definition) is 0. The fourth-order valence-corrected chi connectivity index (χ4v) is 6.13. The molecule has 2 aromatic carbocycles. The Balaban J connectivity index is 1.75. The average Bonchev–Trinajstić information content (AvgIpc) is 3.46. The van der Waals surface area contributed by atoms with Gasteiger partial charge in [-0.3, -0.25) is 9.36 Å². The Kier molecular flexibility index (Phi) is 7.26. The minimum Gasteiger partial charge on any atom is -0.493 e. The van der Waals surface area contributed by atoms with Crippen molar-refractivity contribution in [2.45, 2.75) is 19.9 Å². The number of thiazole rings is 1. The number of nitrogens with zero attached hydrogens (tertiary/aromatic N) is 2. The first-order valence-electron chi connectivity index (χ1n) is 11.5. The fraction of sp³-hybridized carbons (Fsp3) is 0.269. The van der Waals surface area contributed by atoms with Crippen LogP contribution in [0, 0.1) is 0 Å². The third-order valence-corrected chi connectivity index (χ3v) is 8.09. The van der Waals surface area contributed by atoms with E-state index >= 15 is 0 Å². The normalized spacial score (nSPS) is 16.3. The van der Waals surface area contributed by atoms with Gasteiger partial charge in [-0.1, -0.05) is 38.9 Å². The molecule has 38 heavy (non-hydrogen) atoms. The second-order valence-electron chi connectivity index (χ2n) is 8.26. The average molecular weight is 622 g/mol. The summed E-state index contributed by atoms with van der Waals surface area (Å²) >= 11 is 11.3. The van der Waals surface area contributed by atoms with Gasteiger partial charge in [0.25, 0.3) is 5.56 Å². The predicted octanol–water partition coefficient (Wildman–Crippen LogP) is 3.96. The first-order valence-corrected chi connectivity index (χ1v) is 13.5. The van der Waals surface area contributed by atoms with E-state index in [0.717, 1.165) is 0 Å². The molecule has 2 aliphatic rings. The molecule has 0 aliphatic carbocycles. The van der Waals surface area contributed by atoms with Gasteiger partial charge in [-0.25, -0.2) is 9.79 Å². The number of aromatic nitrogens is 1. The van der Waals surface area contributed by atoms with Crippen LogP contribution in [0.4, 0.5) is 0 Å². The molecule has 0 bridgehead atoms. The molecule has 0 unspecified atom stereocenters. The summed E-state index contributed by atoms with van der Waals surface area (Å²) in [6.07, 6.45) is 1.68. The van der Waals surface area contributed by atoms with Gasteiger partial charge in [0.15, 0.2) is 27.8 Å². The highest BCUT2D eigenvalue weighted by atomic mass is 79.9. The number of allylic oxidation sites excluding steroid dienone is 1. The topological polar surface area (TPSA) is 97.6 Å². The number of fused-ring (bicyclic) bond motifs is 2. The molecular weight excluding hydrogens is 600 g/mol. The minimum absolute atomic E-state index is 0.105. The number of rotatable bonds is 6. The minimum atomic E-state index is -0.839. The van der Waals surface area contributed by atoms with Crippen LogP contribution in [0.1, 0.15) is 31.0 Å². The predicted molar refractivity (Wildman–Crippen MR) is 145 cm³/mol. The van der Waals surface area contributed by atoms with Crippen LogP contribution in [0.2, 0.25) is 5.02 Å². The van der Waals surface area contributed by atoms with Crippen LogP contribution >= 0.6 is 38.9 Å². The molecule has 0 radical (unpaired) electrons. The maximum Gasteiger partial charge on any atom is 0.338 e. The third-order valence-electron chi connectivity index (χ3n) is 6.09. The van der Waals surface area contributed by atoms with E-state index in [2.05, 4.69) is 20.9 Å². The molecule has 3 heterocycles. The zero-order chi connectivity index (χ0) is 27.1. The van der Waals surface area contributed by atoms with Crippen LogP contribution in [0.25, 0.3) is 6.08 Å². The Morgan fingerprint density at radius 1 is 1.21 bits per heavy atom. The maximum atomic E-state index is 13.9. The van der Waals surface area contributed by atoms with E-state index in [1.165, 1.54) is 30.1 Å². The van der Waals surface area contributed by atoms with Crippen molar-refractivity contribution in [3.8, 4) is 23.0 Å². The van der Waals surface area contributed by atoms with Crippen molar-refractivity contribution in [3.63, 3.8) is 0 Å². The number of carbonyl (C=O) groups is 1. The van der Waals surface area contributed by atoms with Crippen molar-refractivity contribution in [3.05, 3.63) is 75.8 Å². The summed E-state index contributed by atoms with van der Waals surface area (Å²) in [7, 11) is 3.05. The standard InChI is InChI=1S/C26H22BrClN2O7S/c1-5-35-25(32)22-12(2)29-26-30(23(22)14-8-17(33-3)18(34-4)9-15(14)27)24(31)21(38-26)7-13-6-19-20(10-16(13)28)37-11-36-19/h6-10,23H,5,11H2,1-4H3/b21-7-/t23-/m0/s1. The first-order chi connectivity index (χ1) is 18.3. The second-order valence-corrected chi connectivity index (χ2v) is 10.5. The van der Waals surface area contributed by atoms with Crippen LogP contribution in [0.3, 0.4) is 0 Å². The van der Waals surface area contributed by atoms with E-state index in [9.17, 15) is 9.59 Å². The Bertz CT molecular complexity index is 1680. The van der Waals surface area contributed by atoms with E-state index in [-0.39, 0.29) is 24.5 Å². The van der Waals surface area contributed by atoms with Crippen molar-refractivity contribution in [2.24, 2.45) is 4.99 Å². The van der Waals surface area contributed by atoms with E-state index in [1.807, 2.05) is 0 Å². The summed E-state index contributed by atoms with van der Waals surface area (Å²) in [6.45, 7) is 3.72.